The van der Waals surface area contributed by atoms with E-state index in [0.29, 0.717) is 16.9 Å². The lowest BCUT2D eigenvalue weighted by atomic mass is 9.94. The minimum atomic E-state index is -0.820. The highest BCUT2D eigenvalue weighted by molar-refractivity contribution is 6.46. The van der Waals surface area contributed by atoms with Gasteiger partial charge in [0, 0.05) is 24.5 Å². The lowest BCUT2D eigenvalue weighted by molar-refractivity contribution is -0.140. The number of hydrogen-bond acceptors (Lipinski definition) is 5. The second-order valence-corrected chi connectivity index (χ2v) is 7.52. The molecule has 1 N–H and O–H groups in total. The van der Waals surface area contributed by atoms with E-state index < -0.39 is 23.5 Å². The maximum atomic E-state index is 13.8. The summed E-state index contributed by atoms with van der Waals surface area (Å²) in [6.45, 7) is 1.72. The van der Waals surface area contributed by atoms with Crippen molar-refractivity contribution in [2.24, 2.45) is 0 Å². The Morgan fingerprint density at radius 1 is 1.09 bits per heavy atom. The van der Waals surface area contributed by atoms with Crippen LogP contribution in [0.1, 0.15) is 28.3 Å². The molecule has 1 aliphatic heterocycles. The molecule has 2 aromatic carbocycles. The van der Waals surface area contributed by atoms with E-state index >= 15 is 0 Å². The largest absolute Gasteiger partial charge is 0.507 e. The summed E-state index contributed by atoms with van der Waals surface area (Å²) >= 11 is 0. The number of amides is 1. The van der Waals surface area contributed by atoms with Crippen LogP contribution >= 0.6 is 0 Å². The predicted octanol–water partition coefficient (Wildman–Crippen LogP) is 4.16. The number of carbonyl (C=O) groups excluding carboxylic acids is 2. The van der Waals surface area contributed by atoms with Crippen LogP contribution in [0.15, 0.2) is 72.6 Å². The lowest BCUT2D eigenvalue weighted by Gasteiger charge is -2.25. The number of benzene rings is 2. The molecule has 3 aromatic rings. The molecule has 0 bridgehead atoms. The Morgan fingerprint density at radius 3 is 2.41 bits per heavy atom. The zero-order chi connectivity index (χ0) is 22.8. The minimum Gasteiger partial charge on any atom is -0.507 e. The average Bonchev–Trinajstić information content (AvgIpc) is 3.06. The van der Waals surface area contributed by atoms with Gasteiger partial charge in [0.05, 0.1) is 18.7 Å². The first-order valence-electron chi connectivity index (χ1n) is 9.98. The van der Waals surface area contributed by atoms with Crippen LogP contribution in [0, 0.1) is 12.7 Å². The van der Waals surface area contributed by atoms with Crippen molar-refractivity contribution >= 4 is 17.4 Å². The van der Waals surface area contributed by atoms with Gasteiger partial charge in [0.15, 0.2) is 0 Å². The predicted molar refractivity (Wildman–Crippen MR) is 116 cm³/mol. The first kappa shape index (κ1) is 21.2. The van der Waals surface area contributed by atoms with E-state index in [2.05, 4.69) is 4.98 Å². The molecule has 1 unspecified atom stereocenters. The normalized spacial score (nSPS) is 17.6. The molecule has 6 nitrogen and oxygen atoms in total. The van der Waals surface area contributed by atoms with Gasteiger partial charge >= 0.3 is 0 Å². The Hall–Kier alpha value is -4.00. The fourth-order valence-corrected chi connectivity index (χ4v) is 3.81. The van der Waals surface area contributed by atoms with Gasteiger partial charge in [-0.2, -0.15) is 0 Å². The highest BCUT2D eigenvalue weighted by Crippen LogP contribution is 2.40. The summed E-state index contributed by atoms with van der Waals surface area (Å²) < 4.78 is 19.0. The topological polar surface area (TPSA) is 79.7 Å². The van der Waals surface area contributed by atoms with Gasteiger partial charge in [0.1, 0.15) is 17.3 Å². The van der Waals surface area contributed by atoms with E-state index in [9.17, 15) is 19.1 Å². The van der Waals surface area contributed by atoms with E-state index in [4.69, 9.17) is 4.74 Å². The number of rotatable bonds is 5. The summed E-state index contributed by atoms with van der Waals surface area (Å²) in [5.41, 5.74) is 1.98. The van der Waals surface area contributed by atoms with E-state index in [1.807, 2.05) is 0 Å². The number of aromatic nitrogens is 1. The summed E-state index contributed by atoms with van der Waals surface area (Å²) in [5.74, 6) is -1.66. The molecule has 7 heteroatoms. The van der Waals surface area contributed by atoms with Gasteiger partial charge in [-0.1, -0.05) is 12.1 Å². The zero-order valence-electron chi connectivity index (χ0n) is 17.6. The molecular weight excluding hydrogens is 411 g/mol. The molecule has 4 rings (SSSR count). The molecule has 162 valence electrons. The third kappa shape index (κ3) is 3.85. The Balaban J connectivity index is 1.86. The third-order valence-electron chi connectivity index (χ3n) is 5.51. The van der Waals surface area contributed by atoms with Crippen molar-refractivity contribution in [3.8, 4) is 5.75 Å². The van der Waals surface area contributed by atoms with Crippen molar-refractivity contribution in [1.29, 1.82) is 0 Å². The Kier molecular flexibility index (Phi) is 5.73. The molecule has 32 heavy (non-hydrogen) atoms. The van der Waals surface area contributed by atoms with Crippen LogP contribution < -0.4 is 4.74 Å². The summed E-state index contributed by atoms with van der Waals surface area (Å²) in [6.07, 6.45) is 3.21. The number of aliphatic hydroxyl groups is 1. The van der Waals surface area contributed by atoms with Gasteiger partial charge in [-0.05, 0) is 66.1 Å². The minimum absolute atomic E-state index is 0.0415. The van der Waals surface area contributed by atoms with Crippen LogP contribution in [0.25, 0.3) is 5.76 Å². The molecule has 0 radical (unpaired) electrons. The number of carbonyl (C=O) groups is 2. The summed E-state index contributed by atoms with van der Waals surface area (Å²) in [5, 5.41) is 11.1. The standard InChI is InChI=1S/C25H21FN2O4/c1-15-13-18(5-8-20(15)26)23(29)21-22(17-3-6-19(32-2)7-4-17)28(25(31)24(21)30)14-16-9-11-27-12-10-16/h3-13,22,29H,14H2,1-2H3/b23-21-. The van der Waals surface area contributed by atoms with Gasteiger partial charge in [-0.15, -0.1) is 0 Å². The number of pyridine rings is 1. The second kappa shape index (κ2) is 8.63. The van der Waals surface area contributed by atoms with E-state index in [-0.39, 0.29) is 23.4 Å². The number of Topliss-reactive ketones (excluding diaryl/α,β-unsaturated/α-hetero) is 1. The molecule has 0 saturated carbocycles. The molecule has 2 heterocycles. The van der Waals surface area contributed by atoms with Crippen molar-refractivity contribution in [1.82, 2.24) is 9.88 Å². The van der Waals surface area contributed by atoms with Crippen molar-refractivity contribution < 1.29 is 23.8 Å². The molecule has 0 aliphatic carbocycles. The number of aliphatic hydroxyl groups excluding tert-OH is 1. The van der Waals surface area contributed by atoms with Crippen LogP contribution in [0.2, 0.25) is 0 Å². The molecular formula is C25H21FN2O4. The van der Waals surface area contributed by atoms with Gasteiger partial charge in [0.25, 0.3) is 11.7 Å². The SMILES string of the molecule is COc1ccc(C2/C(=C(/O)c3ccc(F)c(C)c3)C(=O)C(=O)N2Cc2ccncc2)cc1. The summed E-state index contributed by atoms with van der Waals surface area (Å²) in [4.78, 5) is 31.5. The lowest BCUT2D eigenvalue weighted by Crippen LogP contribution is -2.29. The third-order valence-corrected chi connectivity index (χ3v) is 5.51. The smallest absolute Gasteiger partial charge is 0.295 e. The molecule has 1 saturated heterocycles. The first-order chi connectivity index (χ1) is 15.4. The van der Waals surface area contributed by atoms with Crippen molar-refractivity contribution in [2.45, 2.75) is 19.5 Å². The number of hydrogen-bond donors (Lipinski definition) is 1. The van der Waals surface area contributed by atoms with Crippen molar-refractivity contribution in [3.63, 3.8) is 0 Å². The van der Waals surface area contributed by atoms with Crippen LogP contribution in [0.5, 0.6) is 5.75 Å². The average molecular weight is 432 g/mol. The highest BCUT2D eigenvalue weighted by Gasteiger charge is 2.46. The quantitative estimate of drug-likeness (QED) is 0.372. The first-order valence-corrected chi connectivity index (χ1v) is 9.98. The Bertz CT molecular complexity index is 1210. The molecule has 1 fully saturated rings. The number of aryl methyl sites for hydroxylation is 1. The monoisotopic (exact) mass is 432 g/mol. The van der Waals surface area contributed by atoms with Gasteiger partial charge in [0.2, 0.25) is 0 Å². The van der Waals surface area contributed by atoms with Crippen molar-refractivity contribution in [2.75, 3.05) is 7.11 Å². The van der Waals surface area contributed by atoms with Crippen LogP contribution in [-0.2, 0) is 16.1 Å². The second-order valence-electron chi connectivity index (χ2n) is 7.52. The van der Waals surface area contributed by atoms with Crippen LogP contribution in [-0.4, -0.2) is 33.8 Å². The van der Waals surface area contributed by atoms with E-state index in [0.717, 1.165) is 5.56 Å². The maximum absolute atomic E-state index is 13.8. The summed E-state index contributed by atoms with van der Waals surface area (Å²) in [7, 11) is 1.54. The molecule has 1 amide bonds. The Morgan fingerprint density at radius 2 is 1.78 bits per heavy atom. The van der Waals surface area contributed by atoms with Gasteiger partial charge < -0.3 is 14.7 Å². The number of likely N-dealkylation sites (tertiary alicyclic amines) is 1. The molecule has 1 atom stereocenters. The molecule has 1 aromatic heterocycles. The fourth-order valence-electron chi connectivity index (χ4n) is 3.81. The number of ketones is 1. The fraction of sp³-hybridized carbons (Fsp3) is 0.160. The van der Waals surface area contributed by atoms with Crippen LogP contribution in [0.4, 0.5) is 4.39 Å². The molecule has 1 aliphatic rings. The molecule has 0 spiro atoms. The van der Waals surface area contributed by atoms with Crippen molar-refractivity contribution in [3.05, 3.63) is 101 Å². The number of methoxy groups -OCH3 is 1. The van der Waals surface area contributed by atoms with Crippen LogP contribution in [0.3, 0.4) is 0 Å². The maximum Gasteiger partial charge on any atom is 0.295 e. The summed E-state index contributed by atoms with van der Waals surface area (Å²) in [6, 6.07) is 13.7. The number of nitrogens with zero attached hydrogens (tertiary/aromatic N) is 2. The van der Waals surface area contributed by atoms with Gasteiger partial charge in [-0.3, -0.25) is 14.6 Å². The number of halogens is 1. The van der Waals surface area contributed by atoms with E-state index in [1.54, 1.807) is 62.8 Å². The Labute approximate surface area is 184 Å². The van der Waals surface area contributed by atoms with Gasteiger partial charge in [-0.25, -0.2) is 4.39 Å². The zero-order valence-corrected chi connectivity index (χ0v) is 17.6. The highest BCUT2D eigenvalue weighted by atomic mass is 19.1. The van der Waals surface area contributed by atoms with E-state index in [1.165, 1.54) is 23.1 Å². The number of ether oxygens (including phenoxy) is 1.